The lowest BCUT2D eigenvalue weighted by atomic mass is 10.2. The van der Waals surface area contributed by atoms with Crippen molar-refractivity contribution in [1.29, 1.82) is 0 Å². The van der Waals surface area contributed by atoms with Crippen LogP contribution in [0.1, 0.15) is 6.42 Å². The lowest BCUT2D eigenvalue weighted by molar-refractivity contribution is -0.116. The topological polar surface area (TPSA) is 64.3 Å². The molecule has 0 bridgehead atoms. The Morgan fingerprint density at radius 2 is 2.00 bits per heavy atom. The van der Waals surface area contributed by atoms with Crippen LogP contribution >= 0.6 is 11.6 Å². The zero-order valence-corrected chi connectivity index (χ0v) is 11.9. The van der Waals surface area contributed by atoms with Gasteiger partial charge in [-0.3, -0.25) is 4.79 Å². The van der Waals surface area contributed by atoms with Crippen LogP contribution in [0.3, 0.4) is 0 Å². The van der Waals surface area contributed by atoms with Crippen molar-refractivity contribution in [2.24, 2.45) is 0 Å². The first-order valence-electron chi connectivity index (χ1n) is 6.29. The summed E-state index contributed by atoms with van der Waals surface area (Å²) < 4.78 is 18.7. The van der Waals surface area contributed by atoms with Gasteiger partial charge in [0.15, 0.2) is 11.6 Å². The van der Waals surface area contributed by atoms with Crippen LogP contribution in [-0.4, -0.2) is 12.5 Å². The van der Waals surface area contributed by atoms with Gasteiger partial charge in [-0.2, -0.15) is 0 Å². The number of rotatable bonds is 5. The molecule has 0 heterocycles. The number of hydrogen-bond donors (Lipinski definition) is 2. The molecule has 4 nitrogen and oxygen atoms in total. The molecule has 0 aliphatic carbocycles. The highest BCUT2D eigenvalue weighted by atomic mass is 35.5. The largest absolute Gasteiger partial charge is 0.488 e. The molecule has 3 N–H and O–H groups in total. The number of hydrogen-bond acceptors (Lipinski definition) is 3. The summed E-state index contributed by atoms with van der Waals surface area (Å²) in [5.41, 5.74) is 6.72. The molecule has 2 aromatic carbocycles. The Balaban J connectivity index is 1.86. The highest BCUT2D eigenvalue weighted by Gasteiger charge is 2.10. The van der Waals surface area contributed by atoms with Crippen LogP contribution in [0.4, 0.5) is 15.8 Å². The van der Waals surface area contributed by atoms with E-state index < -0.39 is 5.82 Å². The Morgan fingerprint density at radius 1 is 1.24 bits per heavy atom. The molecule has 21 heavy (non-hydrogen) atoms. The molecule has 2 rings (SSSR count). The summed E-state index contributed by atoms with van der Waals surface area (Å²) in [5.74, 6) is -0.887. The van der Waals surface area contributed by atoms with E-state index in [4.69, 9.17) is 22.1 Å². The number of halogens is 2. The second kappa shape index (κ2) is 6.95. The first-order chi connectivity index (χ1) is 10.1. The van der Waals surface area contributed by atoms with Crippen molar-refractivity contribution >= 4 is 28.9 Å². The van der Waals surface area contributed by atoms with Gasteiger partial charge in [0.25, 0.3) is 0 Å². The van der Waals surface area contributed by atoms with Gasteiger partial charge in [-0.25, -0.2) is 4.39 Å². The quantitative estimate of drug-likeness (QED) is 0.831. The zero-order valence-electron chi connectivity index (χ0n) is 11.1. The second-order valence-electron chi connectivity index (χ2n) is 4.28. The minimum absolute atomic E-state index is 0.0131. The van der Waals surface area contributed by atoms with Gasteiger partial charge in [0, 0.05) is 0 Å². The van der Waals surface area contributed by atoms with E-state index in [0.29, 0.717) is 11.4 Å². The third-order valence-electron chi connectivity index (χ3n) is 2.73. The van der Waals surface area contributed by atoms with Crippen molar-refractivity contribution < 1.29 is 13.9 Å². The predicted octanol–water partition coefficient (Wildman–Crippen LogP) is 3.47. The van der Waals surface area contributed by atoms with E-state index in [0.717, 1.165) is 0 Å². The highest BCUT2D eigenvalue weighted by molar-refractivity contribution is 6.32. The number of anilines is 2. The molecule has 110 valence electrons. The summed E-state index contributed by atoms with van der Waals surface area (Å²) >= 11 is 5.81. The van der Waals surface area contributed by atoms with E-state index in [9.17, 15) is 9.18 Å². The van der Waals surface area contributed by atoms with Gasteiger partial charge in [0.2, 0.25) is 5.91 Å². The molecular weight excluding hydrogens is 295 g/mol. The van der Waals surface area contributed by atoms with Crippen molar-refractivity contribution in [3.63, 3.8) is 0 Å². The first kappa shape index (κ1) is 15.1. The van der Waals surface area contributed by atoms with E-state index >= 15 is 0 Å². The summed E-state index contributed by atoms with van der Waals surface area (Å²) in [4.78, 5) is 11.8. The summed E-state index contributed by atoms with van der Waals surface area (Å²) in [7, 11) is 0. The van der Waals surface area contributed by atoms with Gasteiger partial charge in [0.1, 0.15) is 0 Å². The fourth-order valence-corrected chi connectivity index (χ4v) is 1.91. The number of para-hydroxylation sites is 3. The summed E-state index contributed by atoms with van der Waals surface area (Å²) in [6.07, 6.45) is 0.0546. The normalized spacial score (nSPS) is 10.2. The van der Waals surface area contributed by atoms with Crippen LogP contribution in [0.5, 0.6) is 5.75 Å². The number of carbonyl (C=O) groups is 1. The molecular formula is C15H14ClFN2O2. The lowest BCUT2D eigenvalue weighted by Crippen LogP contribution is -2.16. The lowest BCUT2D eigenvalue weighted by Gasteiger charge is -2.10. The molecule has 0 fully saturated rings. The third-order valence-corrected chi connectivity index (χ3v) is 3.03. The van der Waals surface area contributed by atoms with Crippen LogP contribution in [0.25, 0.3) is 0 Å². The molecule has 0 saturated carbocycles. The maximum absolute atomic E-state index is 13.4. The number of nitrogens with two attached hydrogens (primary N) is 1. The average molecular weight is 309 g/mol. The molecule has 0 atom stereocenters. The van der Waals surface area contributed by atoms with Crippen molar-refractivity contribution in [2.75, 3.05) is 17.7 Å². The first-order valence-corrected chi connectivity index (χ1v) is 6.67. The Hall–Kier alpha value is -2.27. The standard InChI is InChI=1S/C15H14ClFN2O2/c16-10-4-3-5-11(17)15(10)21-9-8-14(20)19-13-7-2-1-6-12(13)18/h1-7H,8-9,18H2,(H,19,20). The Morgan fingerprint density at radius 3 is 2.71 bits per heavy atom. The van der Waals surface area contributed by atoms with Gasteiger partial charge < -0.3 is 15.8 Å². The smallest absolute Gasteiger partial charge is 0.227 e. The van der Waals surface area contributed by atoms with Crippen LogP contribution < -0.4 is 15.8 Å². The minimum Gasteiger partial charge on any atom is -0.488 e. The number of ether oxygens (including phenoxy) is 1. The molecule has 0 aromatic heterocycles. The summed E-state index contributed by atoms with van der Waals surface area (Å²) in [5, 5.41) is 2.82. The summed E-state index contributed by atoms with van der Waals surface area (Å²) in [6.45, 7) is 0.0131. The van der Waals surface area contributed by atoms with Crippen LogP contribution in [-0.2, 0) is 4.79 Å². The molecule has 0 radical (unpaired) electrons. The molecule has 0 saturated heterocycles. The summed E-state index contributed by atoms with van der Waals surface area (Å²) in [6, 6.07) is 11.2. The molecule has 0 aliphatic heterocycles. The molecule has 2 aromatic rings. The zero-order chi connectivity index (χ0) is 15.2. The van der Waals surface area contributed by atoms with Gasteiger partial charge in [0.05, 0.1) is 29.4 Å². The SMILES string of the molecule is Nc1ccccc1NC(=O)CCOc1c(F)cccc1Cl. The predicted molar refractivity (Wildman–Crippen MR) is 81.0 cm³/mol. The molecule has 0 spiro atoms. The van der Waals surface area contributed by atoms with Crippen LogP contribution in [0.2, 0.25) is 5.02 Å². The van der Waals surface area contributed by atoms with Gasteiger partial charge in [-0.15, -0.1) is 0 Å². The van der Waals surface area contributed by atoms with Crippen molar-refractivity contribution in [1.82, 2.24) is 0 Å². The van der Waals surface area contributed by atoms with Crippen molar-refractivity contribution in [3.05, 3.63) is 53.3 Å². The van der Waals surface area contributed by atoms with Crippen LogP contribution in [0, 0.1) is 5.82 Å². The number of nitrogen functional groups attached to an aromatic ring is 1. The van der Waals surface area contributed by atoms with Gasteiger partial charge in [-0.05, 0) is 24.3 Å². The van der Waals surface area contributed by atoms with E-state index in [1.165, 1.54) is 18.2 Å². The molecule has 1 amide bonds. The van der Waals surface area contributed by atoms with Crippen LogP contribution in [0.15, 0.2) is 42.5 Å². The van der Waals surface area contributed by atoms with Gasteiger partial charge >= 0.3 is 0 Å². The Labute approximate surface area is 126 Å². The third kappa shape index (κ3) is 4.10. The van der Waals surface area contributed by atoms with E-state index in [1.807, 2.05) is 0 Å². The second-order valence-corrected chi connectivity index (χ2v) is 4.69. The maximum atomic E-state index is 13.4. The number of benzene rings is 2. The van der Waals surface area contributed by atoms with E-state index in [2.05, 4.69) is 5.32 Å². The monoisotopic (exact) mass is 308 g/mol. The Bertz CT molecular complexity index is 629. The number of carbonyl (C=O) groups excluding carboxylic acids is 1. The average Bonchev–Trinajstić information content (AvgIpc) is 2.45. The highest BCUT2D eigenvalue weighted by Crippen LogP contribution is 2.27. The number of amides is 1. The van der Waals surface area contributed by atoms with E-state index in [1.54, 1.807) is 24.3 Å². The van der Waals surface area contributed by atoms with Crippen molar-refractivity contribution in [2.45, 2.75) is 6.42 Å². The fraction of sp³-hybridized carbons (Fsp3) is 0.133. The minimum atomic E-state index is -0.560. The van der Waals surface area contributed by atoms with Crippen molar-refractivity contribution in [3.8, 4) is 5.75 Å². The van der Waals surface area contributed by atoms with Gasteiger partial charge in [-0.1, -0.05) is 29.8 Å². The molecule has 0 unspecified atom stereocenters. The maximum Gasteiger partial charge on any atom is 0.227 e. The molecule has 0 aliphatic rings. The molecule has 6 heteroatoms. The number of nitrogens with one attached hydrogen (secondary N) is 1. The van der Waals surface area contributed by atoms with E-state index in [-0.39, 0.29) is 29.7 Å². The Kier molecular flexibility index (Phi) is 5.00. The fourth-order valence-electron chi connectivity index (χ4n) is 1.69.